The lowest BCUT2D eigenvalue weighted by Gasteiger charge is -2.43. The number of hydrogen-bond acceptors (Lipinski definition) is 3. The van der Waals surface area contributed by atoms with Gasteiger partial charge in [0, 0.05) is 13.5 Å². The molecular formula is C13H16O3. The molecule has 0 saturated heterocycles. The Hall–Kier alpha value is -1.19. The maximum absolute atomic E-state index is 11.4. The maximum atomic E-state index is 11.4. The van der Waals surface area contributed by atoms with Crippen molar-refractivity contribution >= 4 is 5.78 Å². The highest BCUT2D eigenvalue weighted by atomic mass is 16.6. The van der Waals surface area contributed by atoms with Gasteiger partial charge in [0.15, 0.2) is 5.78 Å². The van der Waals surface area contributed by atoms with Crippen molar-refractivity contribution in [3.05, 3.63) is 35.9 Å². The van der Waals surface area contributed by atoms with E-state index in [4.69, 9.17) is 9.47 Å². The molecule has 1 saturated carbocycles. The van der Waals surface area contributed by atoms with Crippen LogP contribution in [0, 0.1) is 0 Å². The molecule has 16 heavy (non-hydrogen) atoms. The topological polar surface area (TPSA) is 35.5 Å². The van der Waals surface area contributed by atoms with E-state index in [1.165, 1.54) is 0 Å². The summed E-state index contributed by atoms with van der Waals surface area (Å²) in [5.74, 6) is 0.119. The summed E-state index contributed by atoms with van der Waals surface area (Å²) in [5.41, 5.74) is 0.370. The average molecular weight is 220 g/mol. The lowest BCUT2D eigenvalue weighted by atomic mass is 9.76. The molecule has 3 nitrogen and oxygen atoms in total. The van der Waals surface area contributed by atoms with Crippen molar-refractivity contribution in [2.24, 2.45) is 0 Å². The number of rotatable bonds is 4. The van der Waals surface area contributed by atoms with Crippen LogP contribution in [0.15, 0.2) is 30.3 Å². The predicted octanol–water partition coefficient (Wildman–Crippen LogP) is 1.95. The van der Waals surface area contributed by atoms with E-state index in [2.05, 4.69) is 0 Å². The number of benzene rings is 1. The molecule has 1 aromatic rings. The minimum Gasteiger partial charge on any atom is -0.370 e. The third kappa shape index (κ3) is 1.88. The fourth-order valence-corrected chi connectivity index (χ4v) is 1.85. The molecule has 1 aliphatic rings. The number of ether oxygens (including phenoxy) is 2. The van der Waals surface area contributed by atoms with E-state index in [1.54, 1.807) is 14.0 Å². The fraction of sp³-hybridized carbons (Fsp3) is 0.462. The number of carbonyl (C=O) groups excluding carboxylic acids is 1. The van der Waals surface area contributed by atoms with Crippen LogP contribution in [0.3, 0.4) is 0 Å². The number of hydrogen-bond donors (Lipinski definition) is 0. The van der Waals surface area contributed by atoms with Gasteiger partial charge in [-0.15, -0.1) is 0 Å². The van der Waals surface area contributed by atoms with Gasteiger partial charge in [-0.05, 0) is 12.5 Å². The maximum Gasteiger partial charge on any atom is 0.169 e. The highest BCUT2D eigenvalue weighted by Gasteiger charge is 2.52. The SMILES string of the molecule is CO[C@@]1(C)C(=O)C[C@@H]1OCc1ccccc1. The summed E-state index contributed by atoms with van der Waals surface area (Å²) in [6.07, 6.45) is 0.335. The number of Topliss-reactive ketones (excluding diaryl/α,β-unsaturated/α-hetero) is 1. The van der Waals surface area contributed by atoms with Crippen molar-refractivity contribution in [1.82, 2.24) is 0 Å². The third-order valence-electron chi connectivity index (χ3n) is 3.26. The Morgan fingerprint density at radius 3 is 2.62 bits per heavy atom. The molecule has 0 spiro atoms. The van der Waals surface area contributed by atoms with Gasteiger partial charge in [0.1, 0.15) is 11.7 Å². The highest BCUT2D eigenvalue weighted by Crippen LogP contribution is 2.34. The molecule has 0 radical (unpaired) electrons. The van der Waals surface area contributed by atoms with E-state index in [0.717, 1.165) is 5.56 Å². The Morgan fingerprint density at radius 1 is 1.38 bits per heavy atom. The van der Waals surface area contributed by atoms with Crippen molar-refractivity contribution in [3.8, 4) is 0 Å². The van der Waals surface area contributed by atoms with Crippen LogP contribution < -0.4 is 0 Å². The number of carbonyl (C=O) groups is 1. The smallest absolute Gasteiger partial charge is 0.169 e. The Labute approximate surface area is 95.4 Å². The Kier molecular flexibility index (Phi) is 3.08. The molecule has 1 fully saturated rings. The van der Waals surface area contributed by atoms with Gasteiger partial charge in [-0.25, -0.2) is 0 Å². The van der Waals surface area contributed by atoms with Crippen molar-refractivity contribution in [2.45, 2.75) is 31.7 Å². The Balaban J connectivity index is 1.91. The zero-order valence-electron chi connectivity index (χ0n) is 9.60. The molecule has 2 atom stereocenters. The molecule has 1 aliphatic carbocycles. The van der Waals surface area contributed by atoms with E-state index < -0.39 is 5.60 Å². The van der Waals surface area contributed by atoms with Crippen LogP contribution in [0.25, 0.3) is 0 Å². The largest absolute Gasteiger partial charge is 0.370 e. The second-order valence-electron chi connectivity index (χ2n) is 4.22. The van der Waals surface area contributed by atoms with Crippen LogP contribution in [0.5, 0.6) is 0 Å². The zero-order valence-corrected chi connectivity index (χ0v) is 9.60. The van der Waals surface area contributed by atoms with Crippen LogP contribution in [0.2, 0.25) is 0 Å². The molecule has 3 heteroatoms. The van der Waals surface area contributed by atoms with Crippen molar-refractivity contribution in [1.29, 1.82) is 0 Å². The molecule has 0 aliphatic heterocycles. The third-order valence-corrected chi connectivity index (χ3v) is 3.26. The van der Waals surface area contributed by atoms with Gasteiger partial charge in [0.05, 0.1) is 6.61 Å². The predicted molar refractivity (Wildman–Crippen MR) is 60.1 cm³/mol. The lowest BCUT2D eigenvalue weighted by molar-refractivity contribution is -0.191. The second kappa shape index (κ2) is 4.36. The first-order valence-corrected chi connectivity index (χ1v) is 5.41. The first kappa shape index (κ1) is 11.3. The minimum absolute atomic E-state index is 0.119. The lowest BCUT2D eigenvalue weighted by Crippen LogP contribution is -2.60. The first-order chi connectivity index (χ1) is 7.66. The summed E-state index contributed by atoms with van der Waals surface area (Å²) in [6, 6.07) is 9.92. The molecule has 2 rings (SSSR count). The molecular weight excluding hydrogens is 204 g/mol. The van der Waals surface area contributed by atoms with E-state index in [1.807, 2.05) is 30.3 Å². The highest BCUT2D eigenvalue weighted by molar-refractivity contribution is 5.94. The summed E-state index contributed by atoms with van der Waals surface area (Å²) in [5, 5.41) is 0. The second-order valence-corrected chi connectivity index (χ2v) is 4.22. The zero-order chi connectivity index (χ0) is 11.6. The average Bonchev–Trinajstić information content (AvgIpc) is 2.34. The molecule has 0 heterocycles. The van der Waals surface area contributed by atoms with Crippen molar-refractivity contribution < 1.29 is 14.3 Å². The van der Waals surface area contributed by atoms with Crippen molar-refractivity contribution in [3.63, 3.8) is 0 Å². The molecule has 86 valence electrons. The Bertz CT molecular complexity index is 374. The monoisotopic (exact) mass is 220 g/mol. The van der Waals surface area contributed by atoms with Gasteiger partial charge < -0.3 is 9.47 Å². The van der Waals surface area contributed by atoms with Crippen LogP contribution in [0.1, 0.15) is 18.9 Å². The number of methoxy groups -OCH3 is 1. The summed E-state index contributed by atoms with van der Waals surface area (Å²) in [6.45, 7) is 2.31. The van der Waals surface area contributed by atoms with Gasteiger partial charge in [-0.2, -0.15) is 0 Å². The van der Waals surface area contributed by atoms with Gasteiger partial charge >= 0.3 is 0 Å². The first-order valence-electron chi connectivity index (χ1n) is 5.41. The molecule has 1 aromatic carbocycles. The van der Waals surface area contributed by atoms with Crippen LogP contribution in [-0.4, -0.2) is 24.6 Å². The number of ketones is 1. The van der Waals surface area contributed by atoms with Crippen LogP contribution >= 0.6 is 0 Å². The fourth-order valence-electron chi connectivity index (χ4n) is 1.85. The molecule has 0 amide bonds. The van der Waals surface area contributed by atoms with E-state index >= 15 is 0 Å². The van der Waals surface area contributed by atoms with E-state index in [9.17, 15) is 4.79 Å². The molecule has 0 N–H and O–H groups in total. The molecule has 0 bridgehead atoms. The molecule has 0 aromatic heterocycles. The van der Waals surface area contributed by atoms with Crippen LogP contribution in [-0.2, 0) is 20.9 Å². The normalized spacial score (nSPS) is 28.9. The summed E-state index contributed by atoms with van der Waals surface area (Å²) in [4.78, 5) is 11.4. The standard InChI is InChI=1S/C13H16O3/c1-13(15-2)11(14)8-12(13)16-9-10-6-4-3-5-7-10/h3-7,12H,8-9H2,1-2H3/t12-,13-/m0/s1. The van der Waals surface area contributed by atoms with Crippen molar-refractivity contribution in [2.75, 3.05) is 7.11 Å². The van der Waals surface area contributed by atoms with E-state index in [-0.39, 0.29) is 11.9 Å². The summed E-state index contributed by atoms with van der Waals surface area (Å²) >= 11 is 0. The minimum atomic E-state index is -0.741. The summed E-state index contributed by atoms with van der Waals surface area (Å²) < 4.78 is 10.9. The van der Waals surface area contributed by atoms with Gasteiger partial charge in [0.2, 0.25) is 0 Å². The summed E-state index contributed by atoms with van der Waals surface area (Å²) in [7, 11) is 1.55. The molecule has 0 unspecified atom stereocenters. The Morgan fingerprint density at radius 2 is 2.06 bits per heavy atom. The van der Waals surface area contributed by atoms with Gasteiger partial charge in [-0.3, -0.25) is 4.79 Å². The van der Waals surface area contributed by atoms with Gasteiger partial charge in [-0.1, -0.05) is 30.3 Å². The van der Waals surface area contributed by atoms with E-state index in [0.29, 0.717) is 13.0 Å². The quantitative estimate of drug-likeness (QED) is 0.778. The van der Waals surface area contributed by atoms with Crippen LogP contribution in [0.4, 0.5) is 0 Å². The van der Waals surface area contributed by atoms with Gasteiger partial charge in [0.25, 0.3) is 0 Å².